The summed E-state index contributed by atoms with van der Waals surface area (Å²) >= 11 is 3.46. The van der Waals surface area contributed by atoms with Crippen molar-refractivity contribution in [2.45, 2.75) is 6.61 Å². The van der Waals surface area contributed by atoms with Gasteiger partial charge in [0.2, 0.25) is 0 Å². The molecule has 0 aliphatic rings. The van der Waals surface area contributed by atoms with Gasteiger partial charge < -0.3 is 4.74 Å². The Morgan fingerprint density at radius 3 is 2.50 bits per heavy atom. The summed E-state index contributed by atoms with van der Waals surface area (Å²) in [6, 6.07) is 28.3. The number of allylic oxidation sites excluding steroid dienone is 1. The van der Waals surface area contributed by atoms with E-state index in [-0.39, 0.29) is 11.1 Å². The lowest BCUT2D eigenvalue weighted by Crippen LogP contribution is -1.97. The highest BCUT2D eigenvalue weighted by Crippen LogP contribution is 2.29. The minimum Gasteiger partial charge on any atom is -0.488 e. The van der Waals surface area contributed by atoms with E-state index in [1.54, 1.807) is 24.3 Å². The fraction of sp³-hybridized carbons (Fsp3) is 0.0385. The first-order chi connectivity index (χ1) is 14.6. The SMILES string of the molecule is N#C/C(=C/c1cc(Br)ccc1OCc1ccc2ccccc2c1)c1ccccc1F. The molecule has 30 heavy (non-hydrogen) atoms. The number of benzene rings is 4. The number of nitriles is 1. The predicted octanol–water partition coefficient (Wildman–Crippen LogP) is 7.38. The van der Waals surface area contributed by atoms with Crippen molar-refractivity contribution in [2.75, 3.05) is 0 Å². The quantitative estimate of drug-likeness (QED) is 0.231. The number of halogens is 2. The van der Waals surface area contributed by atoms with Crippen LogP contribution in [0.5, 0.6) is 5.75 Å². The molecule has 2 nitrogen and oxygen atoms in total. The van der Waals surface area contributed by atoms with Crippen LogP contribution in [0.1, 0.15) is 16.7 Å². The number of rotatable bonds is 5. The van der Waals surface area contributed by atoms with Gasteiger partial charge in [0.15, 0.2) is 0 Å². The van der Waals surface area contributed by atoms with Gasteiger partial charge in [-0.3, -0.25) is 0 Å². The van der Waals surface area contributed by atoms with Crippen LogP contribution in [-0.2, 0) is 6.61 Å². The van der Waals surface area contributed by atoms with Crippen molar-refractivity contribution in [3.05, 3.63) is 112 Å². The molecule has 0 spiro atoms. The van der Waals surface area contributed by atoms with E-state index in [1.807, 2.05) is 36.4 Å². The van der Waals surface area contributed by atoms with Gasteiger partial charge in [-0.25, -0.2) is 4.39 Å². The Kier molecular flexibility index (Phi) is 5.92. The second kappa shape index (κ2) is 8.94. The van der Waals surface area contributed by atoms with E-state index in [0.29, 0.717) is 17.9 Å². The zero-order chi connectivity index (χ0) is 20.9. The molecule has 0 fully saturated rings. The van der Waals surface area contributed by atoms with Crippen molar-refractivity contribution in [3.8, 4) is 11.8 Å². The molecule has 4 rings (SSSR count). The first kappa shape index (κ1) is 19.9. The van der Waals surface area contributed by atoms with Crippen LogP contribution in [0.25, 0.3) is 22.4 Å². The van der Waals surface area contributed by atoms with Crippen LogP contribution in [0.15, 0.2) is 89.4 Å². The Balaban J connectivity index is 1.64. The largest absolute Gasteiger partial charge is 0.488 e. The van der Waals surface area contributed by atoms with E-state index >= 15 is 0 Å². The van der Waals surface area contributed by atoms with Crippen molar-refractivity contribution >= 4 is 38.4 Å². The average Bonchev–Trinajstić information content (AvgIpc) is 2.77. The number of nitrogens with zero attached hydrogens (tertiary/aromatic N) is 1. The molecule has 0 saturated carbocycles. The smallest absolute Gasteiger partial charge is 0.131 e. The molecule has 4 aromatic carbocycles. The van der Waals surface area contributed by atoms with Gasteiger partial charge in [-0.05, 0) is 52.7 Å². The molecule has 0 radical (unpaired) electrons. The summed E-state index contributed by atoms with van der Waals surface area (Å²) in [5.74, 6) is 0.189. The van der Waals surface area contributed by atoms with Crippen LogP contribution in [0, 0.1) is 17.1 Å². The summed E-state index contributed by atoms with van der Waals surface area (Å²) in [4.78, 5) is 0. The molecule has 0 atom stereocenters. The Bertz CT molecular complexity index is 1290. The van der Waals surface area contributed by atoms with Crippen molar-refractivity contribution in [3.63, 3.8) is 0 Å². The molecule has 0 bridgehead atoms. The van der Waals surface area contributed by atoms with Crippen molar-refractivity contribution in [1.29, 1.82) is 5.26 Å². The van der Waals surface area contributed by atoms with Crippen molar-refractivity contribution in [2.24, 2.45) is 0 Å². The maximum Gasteiger partial charge on any atom is 0.131 e. The second-order valence-electron chi connectivity index (χ2n) is 6.80. The molecule has 0 aromatic heterocycles. The third-order valence-electron chi connectivity index (χ3n) is 4.76. The van der Waals surface area contributed by atoms with Crippen LogP contribution in [0.3, 0.4) is 0 Å². The van der Waals surface area contributed by atoms with Gasteiger partial charge in [0.1, 0.15) is 18.2 Å². The number of hydrogen-bond acceptors (Lipinski definition) is 2. The van der Waals surface area contributed by atoms with Crippen LogP contribution in [0.4, 0.5) is 4.39 Å². The standard InChI is InChI=1S/C26H17BrFNO/c27-23-11-12-26(30-17-18-9-10-19-5-1-2-6-20(19)13-18)21(15-23)14-22(16-29)24-7-3-4-8-25(24)28/h1-15H,17H2/b22-14-. The van der Waals surface area contributed by atoms with Crippen LogP contribution >= 0.6 is 15.9 Å². The lowest BCUT2D eigenvalue weighted by molar-refractivity contribution is 0.305. The van der Waals surface area contributed by atoms with Gasteiger partial charge in [-0.1, -0.05) is 70.5 Å². The highest BCUT2D eigenvalue weighted by Gasteiger charge is 2.10. The maximum absolute atomic E-state index is 14.2. The molecule has 0 amide bonds. The summed E-state index contributed by atoms with van der Waals surface area (Å²) in [7, 11) is 0. The Morgan fingerprint density at radius 1 is 0.933 bits per heavy atom. The van der Waals surface area contributed by atoms with Gasteiger partial charge in [-0.15, -0.1) is 0 Å². The molecule has 0 unspecified atom stereocenters. The fourth-order valence-corrected chi connectivity index (χ4v) is 3.64. The number of fused-ring (bicyclic) bond motifs is 1. The van der Waals surface area contributed by atoms with E-state index in [0.717, 1.165) is 15.4 Å². The highest BCUT2D eigenvalue weighted by atomic mass is 79.9. The molecule has 0 aliphatic carbocycles. The van der Waals surface area contributed by atoms with Gasteiger partial charge in [0.25, 0.3) is 0 Å². The highest BCUT2D eigenvalue weighted by molar-refractivity contribution is 9.10. The van der Waals surface area contributed by atoms with Gasteiger partial charge in [0, 0.05) is 15.6 Å². The maximum atomic E-state index is 14.2. The summed E-state index contributed by atoms with van der Waals surface area (Å²) < 4.78 is 21.1. The minimum absolute atomic E-state index is 0.238. The van der Waals surface area contributed by atoms with Gasteiger partial charge in [0.05, 0.1) is 11.6 Å². The Morgan fingerprint density at radius 2 is 1.70 bits per heavy atom. The Hall–Kier alpha value is -3.42. The number of hydrogen-bond donors (Lipinski definition) is 0. The summed E-state index contributed by atoms with van der Waals surface area (Å²) in [5, 5.41) is 11.9. The zero-order valence-electron chi connectivity index (χ0n) is 16.0. The second-order valence-corrected chi connectivity index (χ2v) is 7.72. The van der Waals surface area contributed by atoms with E-state index < -0.39 is 5.82 Å². The molecule has 4 aromatic rings. The topological polar surface area (TPSA) is 33.0 Å². The minimum atomic E-state index is -0.432. The van der Waals surface area contributed by atoms with E-state index in [1.165, 1.54) is 11.5 Å². The lowest BCUT2D eigenvalue weighted by atomic mass is 10.0. The molecular weight excluding hydrogens is 441 g/mol. The third-order valence-corrected chi connectivity index (χ3v) is 5.26. The number of ether oxygens (including phenoxy) is 1. The molecule has 4 heteroatoms. The van der Waals surface area contributed by atoms with Gasteiger partial charge in [-0.2, -0.15) is 5.26 Å². The molecule has 0 saturated heterocycles. The van der Waals surface area contributed by atoms with E-state index in [9.17, 15) is 9.65 Å². The third kappa shape index (κ3) is 4.42. The molecular formula is C26H17BrFNO. The average molecular weight is 458 g/mol. The summed E-state index contributed by atoms with van der Waals surface area (Å²) in [6.45, 7) is 0.384. The van der Waals surface area contributed by atoms with E-state index in [2.05, 4.69) is 46.3 Å². The van der Waals surface area contributed by atoms with E-state index in [4.69, 9.17) is 4.74 Å². The van der Waals surface area contributed by atoms with Gasteiger partial charge >= 0.3 is 0 Å². The molecule has 146 valence electrons. The first-order valence-electron chi connectivity index (χ1n) is 9.41. The van der Waals surface area contributed by atoms with Crippen molar-refractivity contribution in [1.82, 2.24) is 0 Å². The lowest BCUT2D eigenvalue weighted by Gasteiger charge is -2.11. The van der Waals surface area contributed by atoms with Crippen molar-refractivity contribution < 1.29 is 9.13 Å². The summed E-state index contributed by atoms with van der Waals surface area (Å²) in [5.41, 5.74) is 2.24. The monoisotopic (exact) mass is 457 g/mol. The fourth-order valence-electron chi connectivity index (χ4n) is 3.26. The Labute approximate surface area is 183 Å². The normalized spacial score (nSPS) is 11.3. The molecule has 0 aliphatic heterocycles. The van der Waals surface area contributed by atoms with Crippen LogP contribution in [-0.4, -0.2) is 0 Å². The summed E-state index contributed by atoms with van der Waals surface area (Å²) in [6.07, 6.45) is 1.65. The first-order valence-corrected chi connectivity index (χ1v) is 10.2. The van der Waals surface area contributed by atoms with Crippen LogP contribution in [0.2, 0.25) is 0 Å². The molecule has 0 N–H and O–H groups in total. The zero-order valence-corrected chi connectivity index (χ0v) is 17.6. The predicted molar refractivity (Wildman–Crippen MR) is 122 cm³/mol. The van der Waals surface area contributed by atoms with Crippen LogP contribution < -0.4 is 4.74 Å². The molecule has 0 heterocycles.